The van der Waals surface area contributed by atoms with Crippen molar-refractivity contribution in [1.82, 2.24) is 5.32 Å². The SMILES string of the molecule is CCc1ccc(C=CC(=O)NC(CO)CC(C)C)cc1. The fourth-order valence-corrected chi connectivity index (χ4v) is 2.03. The van der Waals surface area contributed by atoms with Crippen LogP contribution in [0.4, 0.5) is 0 Å². The number of rotatable bonds is 7. The molecule has 0 fully saturated rings. The number of carbonyl (C=O) groups excluding carboxylic acids is 1. The molecule has 110 valence electrons. The Kier molecular flexibility index (Phi) is 7.02. The Morgan fingerprint density at radius 2 is 1.95 bits per heavy atom. The van der Waals surface area contributed by atoms with Gasteiger partial charge in [-0.2, -0.15) is 0 Å². The van der Waals surface area contributed by atoms with Gasteiger partial charge in [-0.25, -0.2) is 0 Å². The molecule has 0 aliphatic heterocycles. The van der Waals surface area contributed by atoms with Crippen molar-refractivity contribution in [2.45, 2.75) is 39.7 Å². The predicted molar refractivity (Wildman–Crippen MR) is 83.3 cm³/mol. The summed E-state index contributed by atoms with van der Waals surface area (Å²) in [6, 6.07) is 7.95. The number of aliphatic hydroxyl groups excluding tert-OH is 1. The van der Waals surface area contributed by atoms with E-state index in [0.717, 1.165) is 18.4 Å². The highest BCUT2D eigenvalue weighted by Crippen LogP contribution is 2.07. The van der Waals surface area contributed by atoms with Gasteiger partial charge in [0.15, 0.2) is 0 Å². The molecule has 0 aromatic heterocycles. The zero-order chi connectivity index (χ0) is 15.0. The minimum absolute atomic E-state index is 0.0248. The number of benzene rings is 1. The van der Waals surface area contributed by atoms with Gasteiger partial charge in [0, 0.05) is 6.08 Å². The molecule has 1 unspecified atom stereocenters. The molecule has 1 rings (SSSR count). The molecule has 0 saturated heterocycles. The molecular formula is C17H25NO2. The summed E-state index contributed by atoms with van der Waals surface area (Å²) in [5.74, 6) is 0.280. The van der Waals surface area contributed by atoms with Crippen molar-refractivity contribution in [3.63, 3.8) is 0 Å². The van der Waals surface area contributed by atoms with Gasteiger partial charge in [0.05, 0.1) is 12.6 Å². The van der Waals surface area contributed by atoms with Gasteiger partial charge in [0.1, 0.15) is 0 Å². The molecule has 0 aliphatic carbocycles. The van der Waals surface area contributed by atoms with Crippen LogP contribution in [0.3, 0.4) is 0 Å². The lowest BCUT2D eigenvalue weighted by molar-refractivity contribution is -0.117. The standard InChI is InChI=1S/C17H25NO2/c1-4-14-5-7-15(8-6-14)9-10-17(20)18-16(12-19)11-13(2)3/h5-10,13,16,19H,4,11-12H2,1-3H3,(H,18,20). The summed E-state index contributed by atoms with van der Waals surface area (Å²) in [7, 11) is 0. The molecule has 0 heterocycles. The van der Waals surface area contributed by atoms with Crippen molar-refractivity contribution in [1.29, 1.82) is 0 Å². The molecule has 0 saturated carbocycles. The fourth-order valence-electron chi connectivity index (χ4n) is 2.03. The molecule has 3 heteroatoms. The third-order valence-electron chi connectivity index (χ3n) is 3.14. The summed E-state index contributed by atoms with van der Waals surface area (Å²) in [6.45, 7) is 6.23. The van der Waals surface area contributed by atoms with Crippen LogP contribution in [-0.2, 0) is 11.2 Å². The van der Waals surface area contributed by atoms with E-state index < -0.39 is 0 Å². The number of aliphatic hydroxyl groups is 1. The zero-order valence-corrected chi connectivity index (χ0v) is 12.6. The second-order valence-electron chi connectivity index (χ2n) is 5.45. The summed E-state index contributed by atoms with van der Waals surface area (Å²) < 4.78 is 0. The first-order valence-corrected chi connectivity index (χ1v) is 7.23. The first-order chi connectivity index (χ1) is 9.55. The maximum absolute atomic E-state index is 11.8. The highest BCUT2D eigenvalue weighted by molar-refractivity contribution is 5.91. The zero-order valence-electron chi connectivity index (χ0n) is 12.6. The number of aryl methyl sites for hydroxylation is 1. The summed E-state index contributed by atoms with van der Waals surface area (Å²) in [6.07, 6.45) is 5.10. The Hall–Kier alpha value is -1.61. The average Bonchev–Trinajstić information content (AvgIpc) is 2.44. The van der Waals surface area contributed by atoms with E-state index in [1.54, 1.807) is 6.08 Å². The van der Waals surface area contributed by atoms with Gasteiger partial charge in [0.25, 0.3) is 0 Å². The van der Waals surface area contributed by atoms with Gasteiger partial charge in [0.2, 0.25) is 5.91 Å². The molecule has 3 nitrogen and oxygen atoms in total. The number of hydrogen-bond acceptors (Lipinski definition) is 2. The van der Waals surface area contributed by atoms with Crippen molar-refractivity contribution in [3.05, 3.63) is 41.5 Å². The van der Waals surface area contributed by atoms with Gasteiger partial charge < -0.3 is 10.4 Å². The molecule has 1 amide bonds. The fraction of sp³-hybridized carbons (Fsp3) is 0.471. The van der Waals surface area contributed by atoms with Crippen LogP contribution in [-0.4, -0.2) is 23.7 Å². The molecule has 0 spiro atoms. The van der Waals surface area contributed by atoms with Crippen LogP contribution in [0.15, 0.2) is 30.3 Å². The molecule has 20 heavy (non-hydrogen) atoms. The largest absolute Gasteiger partial charge is 0.394 e. The van der Waals surface area contributed by atoms with Crippen molar-refractivity contribution in [2.75, 3.05) is 6.61 Å². The van der Waals surface area contributed by atoms with Crippen LogP contribution >= 0.6 is 0 Å². The Labute approximate surface area is 121 Å². The van der Waals surface area contributed by atoms with E-state index in [1.165, 1.54) is 11.6 Å². The Morgan fingerprint density at radius 1 is 1.30 bits per heavy atom. The third kappa shape index (κ3) is 6.02. The second kappa shape index (κ2) is 8.54. The van der Waals surface area contributed by atoms with Crippen LogP contribution in [0, 0.1) is 5.92 Å². The maximum Gasteiger partial charge on any atom is 0.244 e. The summed E-state index contributed by atoms with van der Waals surface area (Å²) in [5.41, 5.74) is 2.28. The average molecular weight is 275 g/mol. The Morgan fingerprint density at radius 3 is 2.45 bits per heavy atom. The van der Waals surface area contributed by atoms with Crippen molar-refractivity contribution in [3.8, 4) is 0 Å². The molecule has 1 aromatic carbocycles. The van der Waals surface area contributed by atoms with E-state index in [4.69, 9.17) is 0 Å². The highest BCUT2D eigenvalue weighted by atomic mass is 16.3. The quantitative estimate of drug-likeness (QED) is 0.752. The number of nitrogens with one attached hydrogen (secondary N) is 1. The predicted octanol–water partition coefficient (Wildman–Crippen LogP) is 2.79. The van der Waals surface area contributed by atoms with Crippen LogP contribution in [0.2, 0.25) is 0 Å². The van der Waals surface area contributed by atoms with Gasteiger partial charge in [-0.05, 0) is 36.0 Å². The Balaban J connectivity index is 2.53. The number of hydrogen-bond donors (Lipinski definition) is 2. The Bertz CT molecular complexity index is 435. The minimum atomic E-state index is -0.172. The molecule has 2 N–H and O–H groups in total. The lowest BCUT2D eigenvalue weighted by Crippen LogP contribution is -2.37. The molecule has 1 atom stereocenters. The molecule has 0 bridgehead atoms. The van der Waals surface area contributed by atoms with E-state index in [9.17, 15) is 9.90 Å². The van der Waals surface area contributed by atoms with Crippen molar-refractivity contribution in [2.24, 2.45) is 5.92 Å². The maximum atomic E-state index is 11.8. The van der Waals surface area contributed by atoms with E-state index in [1.807, 2.05) is 12.1 Å². The minimum Gasteiger partial charge on any atom is -0.394 e. The number of amides is 1. The van der Waals surface area contributed by atoms with Crippen molar-refractivity contribution >= 4 is 12.0 Å². The first kappa shape index (κ1) is 16.4. The van der Waals surface area contributed by atoms with E-state index in [-0.39, 0.29) is 18.6 Å². The normalized spacial score (nSPS) is 12.8. The van der Waals surface area contributed by atoms with E-state index >= 15 is 0 Å². The van der Waals surface area contributed by atoms with Gasteiger partial charge >= 0.3 is 0 Å². The van der Waals surface area contributed by atoms with Crippen LogP contribution in [0.25, 0.3) is 6.08 Å². The molecule has 1 aromatic rings. The topological polar surface area (TPSA) is 49.3 Å². The van der Waals surface area contributed by atoms with Crippen LogP contribution in [0.1, 0.15) is 38.3 Å². The van der Waals surface area contributed by atoms with Gasteiger partial charge in [-0.1, -0.05) is 45.0 Å². The van der Waals surface area contributed by atoms with Gasteiger partial charge in [-0.15, -0.1) is 0 Å². The highest BCUT2D eigenvalue weighted by Gasteiger charge is 2.11. The van der Waals surface area contributed by atoms with E-state index in [2.05, 4.69) is 38.2 Å². The van der Waals surface area contributed by atoms with Crippen molar-refractivity contribution < 1.29 is 9.90 Å². The third-order valence-corrected chi connectivity index (χ3v) is 3.14. The summed E-state index contributed by atoms with van der Waals surface area (Å²) >= 11 is 0. The summed E-state index contributed by atoms with van der Waals surface area (Å²) in [5, 5.41) is 12.0. The van der Waals surface area contributed by atoms with Crippen LogP contribution < -0.4 is 5.32 Å². The lowest BCUT2D eigenvalue weighted by atomic mass is 10.0. The molecule has 0 aliphatic rings. The van der Waals surface area contributed by atoms with Gasteiger partial charge in [-0.3, -0.25) is 4.79 Å². The van der Waals surface area contributed by atoms with Crippen LogP contribution in [0.5, 0.6) is 0 Å². The second-order valence-corrected chi connectivity index (χ2v) is 5.45. The molecule has 0 radical (unpaired) electrons. The summed E-state index contributed by atoms with van der Waals surface area (Å²) in [4.78, 5) is 11.8. The van der Waals surface area contributed by atoms with E-state index in [0.29, 0.717) is 5.92 Å². The number of carbonyl (C=O) groups is 1. The lowest BCUT2D eigenvalue weighted by Gasteiger charge is -2.17. The first-order valence-electron chi connectivity index (χ1n) is 7.23. The smallest absolute Gasteiger partial charge is 0.244 e. The monoisotopic (exact) mass is 275 g/mol. The molecular weight excluding hydrogens is 250 g/mol.